The SMILES string of the molecule is CCNC(=NCCCS(C)(=O)=O)NC(C)(C)C. The molecule has 6 heteroatoms. The minimum atomic E-state index is -2.88. The Morgan fingerprint density at radius 2 is 1.88 bits per heavy atom. The fourth-order valence-corrected chi connectivity index (χ4v) is 1.83. The molecule has 102 valence electrons. The normalized spacial score (nSPS) is 13.6. The molecule has 0 fully saturated rings. The molecule has 0 amide bonds. The summed E-state index contributed by atoms with van der Waals surface area (Å²) in [4.78, 5) is 4.33. The zero-order chi connectivity index (χ0) is 13.5. The van der Waals surface area contributed by atoms with Gasteiger partial charge in [0.2, 0.25) is 0 Å². The van der Waals surface area contributed by atoms with Gasteiger partial charge in [0.1, 0.15) is 9.84 Å². The maximum absolute atomic E-state index is 11.0. The van der Waals surface area contributed by atoms with Crippen LogP contribution in [0.3, 0.4) is 0 Å². The van der Waals surface area contributed by atoms with E-state index in [-0.39, 0.29) is 11.3 Å². The molecular weight excluding hydrogens is 238 g/mol. The molecule has 0 aliphatic heterocycles. The molecule has 0 aromatic carbocycles. The summed E-state index contributed by atoms with van der Waals surface area (Å²) in [6.45, 7) is 9.45. The first-order valence-corrected chi connectivity index (χ1v) is 7.94. The van der Waals surface area contributed by atoms with E-state index in [4.69, 9.17) is 0 Å². The highest BCUT2D eigenvalue weighted by atomic mass is 32.2. The van der Waals surface area contributed by atoms with Crippen LogP contribution in [0.4, 0.5) is 0 Å². The Balaban J connectivity index is 4.22. The molecule has 0 radical (unpaired) electrons. The van der Waals surface area contributed by atoms with Crippen LogP contribution in [0.5, 0.6) is 0 Å². The van der Waals surface area contributed by atoms with Crippen molar-refractivity contribution in [3.05, 3.63) is 0 Å². The average Bonchev–Trinajstić information content (AvgIpc) is 2.08. The molecule has 0 atom stereocenters. The van der Waals surface area contributed by atoms with Crippen molar-refractivity contribution in [2.75, 3.05) is 25.1 Å². The Bertz CT molecular complexity index is 342. The predicted molar refractivity (Wildman–Crippen MR) is 73.2 cm³/mol. The molecule has 5 nitrogen and oxygen atoms in total. The fourth-order valence-electron chi connectivity index (χ4n) is 1.18. The van der Waals surface area contributed by atoms with Crippen molar-refractivity contribution >= 4 is 15.8 Å². The topological polar surface area (TPSA) is 70.6 Å². The Morgan fingerprint density at radius 3 is 2.29 bits per heavy atom. The second kappa shape index (κ2) is 6.83. The van der Waals surface area contributed by atoms with Gasteiger partial charge in [-0.05, 0) is 34.1 Å². The number of nitrogens with zero attached hydrogens (tertiary/aromatic N) is 1. The second-order valence-electron chi connectivity index (χ2n) is 5.12. The maximum atomic E-state index is 11.0. The molecule has 0 spiro atoms. The van der Waals surface area contributed by atoms with E-state index < -0.39 is 9.84 Å². The third-order valence-corrected chi connectivity index (χ3v) is 2.81. The van der Waals surface area contributed by atoms with Crippen molar-refractivity contribution in [3.8, 4) is 0 Å². The Labute approximate surface area is 105 Å². The van der Waals surface area contributed by atoms with E-state index in [1.165, 1.54) is 6.26 Å². The summed E-state index contributed by atoms with van der Waals surface area (Å²) in [5, 5.41) is 6.37. The van der Waals surface area contributed by atoms with Crippen LogP contribution in [0.25, 0.3) is 0 Å². The number of hydrogen-bond acceptors (Lipinski definition) is 3. The first-order valence-electron chi connectivity index (χ1n) is 5.88. The van der Waals surface area contributed by atoms with E-state index >= 15 is 0 Å². The van der Waals surface area contributed by atoms with Gasteiger partial charge in [-0.15, -0.1) is 0 Å². The summed E-state index contributed by atoms with van der Waals surface area (Å²) < 4.78 is 21.9. The molecule has 0 bridgehead atoms. The first-order chi connectivity index (χ1) is 7.64. The van der Waals surface area contributed by atoms with Crippen molar-refractivity contribution in [2.24, 2.45) is 4.99 Å². The van der Waals surface area contributed by atoms with Crippen LogP contribution in [0.1, 0.15) is 34.1 Å². The third kappa shape index (κ3) is 11.5. The van der Waals surface area contributed by atoms with Gasteiger partial charge in [-0.2, -0.15) is 0 Å². The Kier molecular flexibility index (Phi) is 6.52. The van der Waals surface area contributed by atoms with Crippen molar-refractivity contribution < 1.29 is 8.42 Å². The molecule has 0 saturated carbocycles. The Hall–Kier alpha value is -0.780. The molecule has 0 aromatic heterocycles. The molecule has 0 unspecified atom stereocenters. The van der Waals surface area contributed by atoms with Crippen LogP contribution in [0.2, 0.25) is 0 Å². The van der Waals surface area contributed by atoms with Crippen molar-refractivity contribution in [1.82, 2.24) is 10.6 Å². The summed E-state index contributed by atoms with van der Waals surface area (Å²) in [5.74, 6) is 0.916. The second-order valence-corrected chi connectivity index (χ2v) is 7.38. The standard InChI is InChI=1S/C11H25N3O2S/c1-6-12-10(14-11(2,3)4)13-8-7-9-17(5,15)16/h6-9H2,1-5H3,(H2,12,13,14). The number of nitrogens with one attached hydrogen (secondary N) is 2. The quantitative estimate of drug-likeness (QED) is 0.437. The lowest BCUT2D eigenvalue weighted by Gasteiger charge is -2.23. The molecule has 0 aromatic rings. The highest BCUT2D eigenvalue weighted by Crippen LogP contribution is 1.98. The van der Waals surface area contributed by atoms with Gasteiger partial charge < -0.3 is 10.6 Å². The molecular formula is C11H25N3O2S. The lowest BCUT2D eigenvalue weighted by molar-refractivity contribution is 0.501. The summed E-state index contributed by atoms with van der Waals surface area (Å²) in [5.41, 5.74) is -0.0577. The molecule has 2 N–H and O–H groups in total. The smallest absolute Gasteiger partial charge is 0.191 e. The molecule has 17 heavy (non-hydrogen) atoms. The van der Waals surface area contributed by atoms with Crippen molar-refractivity contribution in [3.63, 3.8) is 0 Å². The van der Waals surface area contributed by atoms with Crippen LogP contribution in [0.15, 0.2) is 4.99 Å². The number of hydrogen-bond donors (Lipinski definition) is 2. The van der Waals surface area contributed by atoms with E-state index in [9.17, 15) is 8.42 Å². The van der Waals surface area contributed by atoms with E-state index in [0.29, 0.717) is 13.0 Å². The lowest BCUT2D eigenvalue weighted by atomic mass is 10.1. The molecule has 0 saturated heterocycles. The minimum Gasteiger partial charge on any atom is -0.357 e. The average molecular weight is 263 g/mol. The highest BCUT2D eigenvalue weighted by Gasteiger charge is 2.11. The summed E-state index contributed by atoms with van der Waals surface area (Å²) in [6, 6.07) is 0. The number of guanidine groups is 1. The Morgan fingerprint density at radius 1 is 1.29 bits per heavy atom. The van der Waals surface area contributed by atoms with Gasteiger partial charge in [-0.1, -0.05) is 0 Å². The van der Waals surface area contributed by atoms with E-state index in [1.807, 2.05) is 6.92 Å². The van der Waals surface area contributed by atoms with E-state index in [0.717, 1.165) is 12.5 Å². The zero-order valence-electron chi connectivity index (χ0n) is 11.5. The van der Waals surface area contributed by atoms with Gasteiger partial charge in [0, 0.05) is 24.9 Å². The van der Waals surface area contributed by atoms with Crippen molar-refractivity contribution in [1.29, 1.82) is 0 Å². The first kappa shape index (κ1) is 16.2. The molecule has 0 heterocycles. The summed E-state index contributed by atoms with van der Waals surface area (Å²) in [6.07, 6.45) is 1.80. The molecule has 0 aliphatic carbocycles. The predicted octanol–water partition coefficient (Wildman–Crippen LogP) is 0.775. The largest absolute Gasteiger partial charge is 0.357 e. The monoisotopic (exact) mass is 263 g/mol. The van der Waals surface area contributed by atoms with Gasteiger partial charge in [0.15, 0.2) is 5.96 Å². The van der Waals surface area contributed by atoms with Crippen LogP contribution in [-0.4, -0.2) is 45.0 Å². The minimum absolute atomic E-state index is 0.0577. The van der Waals surface area contributed by atoms with Gasteiger partial charge in [0.05, 0.1) is 5.75 Å². The van der Waals surface area contributed by atoms with Crippen LogP contribution in [-0.2, 0) is 9.84 Å². The summed E-state index contributed by atoms with van der Waals surface area (Å²) in [7, 11) is -2.88. The van der Waals surface area contributed by atoms with E-state index in [2.05, 4.69) is 36.4 Å². The summed E-state index contributed by atoms with van der Waals surface area (Å²) >= 11 is 0. The van der Waals surface area contributed by atoms with Crippen LogP contribution < -0.4 is 10.6 Å². The highest BCUT2D eigenvalue weighted by molar-refractivity contribution is 7.90. The van der Waals surface area contributed by atoms with Crippen LogP contribution >= 0.6 is 0 Å². The van der Waals surface area contributed by atoms with E-state index in [1.54, 1.807) is 0 Å². The van der Waals surface area contributed by atoms with Gasteiger partial charge in [-0.25, -0.2) is 8.42 Å². The maximum Gasteiger partial charge on any atom is 0.191 e. The fraction of sp³-hybridized carbons (Fsp3) is 0.909. The molecule has 0 rings (SSSR count). The zero-order valence-corrected chi connectivity index (χ0v) is 12.3. The van der Waals surface area contributed by atoms with Gasteiger partial charge >= 0.3 is 0 Å². The van der Waals surface area contributed by atoms with Gasteiger partial charge in [-0.3, -0.25) is 4.99 Å². The van der Waals surface area contributed by atoms with Gasteiger partial charge in [0.25, 0.3) is 0 Å². The van der Waals surface area contributed by atoms with Crippen molar-refractivity contribution in [2.45, 2.75) is 39.7 Å². The number of rotatable bonds is 5. The number of aliphatic imine (C=N–C) groups is 1. The lowest BCUT2D eigenvalue weighted by Crippen LogP contribution is -2.47. The number of sulfone groups is 1. The van der Waals surface area contributed by atoms with Crippen LogP contribution in [0, 0.1) is 0 Å². The molecule has 0 aliphatic rings. The third-order valence-electron chi connectivity index (χ3n) is 1.78.